The third-order valence-electron chi connectivity index (χ3n) is 5.83. The van der Waals surface area contributed by atoms with Crippen LogP contribution < -0.4 is 15.8 Å². The first-order valence-corrected chi connectivity index (χ1v) is 11.4. The van der Waals surface area contributed by atoms with E-state index in [0.29, 0.717) is 21.3 Å². The topological polar surface area (TPSA) is 91.0 Å². The standard InChI is InChI=1S/C21H22ClN5O2S/c1-12(13-6-3-2-4-7-13)23-16(28)14-8-5-11-27(14)20-24-15-17(29)25-19(21(22)9-10-21)26-18(15)30-20/h2-4,6-7,12,14H,5,8-11H2,1H3,(H,23,28)(H,25,26,29)/t12-,14-/m1/s1. The van der Waals surface area contributed by atoms with Gasteiger partial charge in [-0.3, -0.25) is 9.59 Å². The Hall–Kier alpha value is -2.45. The number of anilines is 1. The molecule has 2 N–H and O–H groups in total. The van der Waals surface area contributed by atoms with Crippen molar-refractivity contribution in [3.8, 4) is 0 Å². The molecule has 1 saturated heterocycles. The Morgan fingerprint density at radius 3 is 2.83 bits per heavy atom. The monoisotopic (exact) mass is 443 g/mol. The van der Waals surface area contributed by atoms with Crippen LogP contribution in [0, 0.1) is 0 Å². The minimum absolute atomic E-state index is 0.0247. The highest BCUT2D eigenvalue weighted by atomic mass is 35.5. The van der Waals surface area contributed by atoms with Crippen molar-refractivity contribution in [1.82, 2.24) is 20.3 Å². The predicted octanol–water partition coefficient (Wildman–Crippen LogP) is 3.45. The van der Waals surface area contributed by atoms with Crippen molar-refractivity contribution in [2.24, 2.45) is 0 Å². The molecule has 1 aromatic carbocycles. The molecule has 9 heteroatoms. The molecule has 1 amide bonds. The fourth-order valence-corrected chi connectivity index (χ4v) is 5.11. The smallest absolute Gasteiger partial charge is 0.278 e. The number of nitrogens with zero attached hydrogens (tertiary/aromatic N) is 3. The number of alkyl halides is 1. The van der Waals surface area contributed by atoms with Crippen LogP contribution in [0.15, 0.2) is 35.1 Å². The Bertz CT molecular complexity index is 1160. The van der Waals surface area contributed by atoms with Crippen LogP contribution in [0.3, 0.4) is 0 Å². The van der Waals surface area contributed by atoms with E-state index in [0.717, 1.165) is 37.8 Å². The lowest BCUT2D eigenvalue weighted by atomic mass is 10.1. The zero-order valence-electron chi connectivity index (χ0n) is 16.5. The number of aromatic amines is 1. The van der Waals surface area contributed by atoms with Gasteiger partial charge in [-0.1, -0.05) is 41.7 Å². The third kappa shape index (κ3) is 3.48. The van der Waals surface area contributed by atoms with Gasteiger partial charge in [0.15, 0.2) is 15.5 Å². The Balaban J connectivity index is 1.39. The van der Waals surface area contributed by atoms with E-state index in [-0.39, 0.29) is 23.6 Å². The van der Waals surface area contributed by atoms with Crippen LogP contribution in [0.5, 0.6) is 0 Å². The molecular formula is C21H22ClN5O2S. The fourth-order valence-electron chi connectivity index (χ4n) is 3.91. The van der Waals surface area contributed by atoms with Gasteiger partial charge >= 0.3 is 0 Å². The summed E-state index contributed by atoms with van der Waals surface area (Å²) in [4.78, 5) is 39.4. The average molecular weight is 444 g/mol. The van der Waals surface area contributed by atoms with Gasteiger partial charge in [0.1, 0.15) is 16.7 Å². The number of aromatic nitrogens is 3. The van der Waals surface area contributed by atoms with E-state index in [2.05, 4.69) is 20.3 Å². The van der Waals surface area contributed by atoms with Gasteiger partial charge in [-0.05, 0) is 38.2 Å². The maximum absolute atomic E-state index is 13.0. The van der Waals surface area contributed by atoms with E-state index in [4.69, 9.17) is 11.6 Å². The molecule has 0 unspecified atom stereocenters. The van der Waals surface area contributed by atoms with Crippen molar-refractivity contribution < 1.29 is 4.79 Å². The summed E-state index contributed by atoms with van der Waals surface area (Å²) in [7, 11) is 0. The lowest BCUT2D eigenvalue weighted by Gasteiger charge is -2.25. The molecule has 7 nitrogen and oxygen atoms in total. The highest BCUT2D eigenvalue weighted by Gasteiger charge is 2.45. The van der Waals surface area contributed by atoms with E-state index in [1.54, 1.807) is 0 Å². The van der Waals surface area contributed by atoms with Gasteiger partial charge in [-0.25, -0.2) is 9.97 Å². The zero-order valence-corrected chi connectivity index (χ0v) is 18.1. The maximum Gasteiger partial charge on any atom is 0.278 e. The quantitative estimate of drug-likeness (QED) is 0.589. The molecule has 1 saturated carbocycles. The molecule has 1 aliphatic heterocycles. The van der Waals surface area contributed by atoms with Gasteiger partial charge in [0, 0.05) is 6.54 Å². The predicted molar refractivity (Wildman–Crippen MR) is 118 cm³/mol. The molecule has 0 radical (unpaired) electrons. The molecule has 5 rings (SSSR count). The Labute approximate surface area is 182 Å². The molecule has 3 aromatic rings. The van der Waals surface area contributed by atoms with Gasteiger partial charge in [0.05, 0.1) is 6.04 Å². The van der Waals surface area contributed by atoms with Crippen molar-refractivity contribution in [1.29, 1.82) is 0 Å². The van der Waals surface area contributed by atoms with E-state index in [1.165, 1.54) is 11.3 Å². The molecule has 0 spiro atoms. The first-order chi connectivity index (χ1) is 14.4. The second-order valence-corrected chi connectivity index (χ2v) is 9.70. The summed E-state index contributed by atoms with van der Waals surface area (Å²) in [6, 6.07) is 9.51. The van der Waals surface area contributed by atoms with Crippen molar-refractivity contribution in [2.45, 2.75) is 49.6 Å². The molecule has 30 heavy (non-hydrogen) atoms. The Kier molecular flexibility index (Phi) is 4.78. The summed E-state index contributed by atoms with van der Waals surface area (Å²) in [5.74, 6) is 0.493. The number of carbonyl (C=O) groups excluding carboxylic acids is 1. The van der Waals surface area contributed by atoms with Crippen molar-refractivity contribution in [2.75, 3.05) is 11.4 Å². The molecule has 1 aliphatic carbocycles. The van der Waals surface area contributed by atoms with E-state index in [9.17, 15) is 9.59 Å². The van der Waals surface area contributed by atoms with Crippen molar-refractivity contribution in [3.63, 3.8) is 0 Å². The van der Waals surface area contributed by atoms with E-state index >= 15 is 0 Å². The number of fused-ring (bicyclic) bond motifs is 1. The zero-order chi connectivity index (χ0) is 20.9. The number of benzene rings is 1. The number of H-pyrrole nitrogens is 1. The summed E-state index contributed by atoms with van der Waals surface area (Å²) >= 11 is 7.78. The number of amides is 1. The molecule has 156 valence electrons. The summed E-state index contributed by atoms with van der Waals surface area (Å²) in [6.45, 7) is 2.71. The van der Waals surface area contributed by atoms with Crippen LogP contribution in [0.25, 0.3) is 10.3 Å². The number of nitrogens with one attached hydrogen (secondary N) is 2. The molecule has 2 aliphatic rings. The number of rotatable bonds is 5. The Morgan fingerprint density at radius 2 is 2.10 bits per heavy atom. The highest BCUT2D eigenvalue weighted by Crippen LogP contribution is 2.50. The number of carbonyl (C=O) groups is 1. The van der Waals surface area contributed by atoms with Gasteiger partial charge in [0.25, 0.3) is 5.56 Å². The van der Waals surface area contributed by atoms with Crippen LogP contribution >= 0.6 is 22.9 Å². The molecule has 0 bridgehead atoms. The summed E-state index contributed by atoms with van der Waals surface area (Å²) in [6.07, 6.45) is 3.27. The normalized spacial score (nSPS) is 21.0. The molecular weight excluding hydrogens is 422 g/mol. The summed E-state index contributed by atoms with van der Waals surface area (Å²) in [5, 5.41) is 3.77. The summed E-state index contributed by atoms with van der Waals surface area (Å²) < 4.78 is 0. The maximum atomic E-state index is 13.0. The molecule has 2 aromatic heterocycles. The SMILES string of the molecule is C[C@@H](NC(=O)[C@H]1CCCN1c1nc2c(=O)[nH]c(C3(Cl)CC3)nc2s1)c1ccccc1. The number of hydrogen-bond acceptors (Lipinski definition) is 6. The highest BCUT2D eigenvalue weighted by molar-refractivity contribution is 7.21. The molecule has 3 heterocycles. The Morgan fingerprint density at radius 1 is 1.33 bits per heavy atom. The largest absolute Gasteiger partial charge is 0.348 e. The van der Waals surface area contributed by atoms with Crippen LogP contribution in [-0.2, 0) is 9.67 Å². The summed E-state index contributed by atoms with van der Waals surface area (Å²) in [5.41, 5.74) is 1.10. The minimum atomic E-state index is -0.541. The van der Waals surface area contributed by atoms with E-state index < -0.39 is 4.87 Å². The van der Waals surface area contributed by atoms with E-state index in [1.807, 2.05) is 42.2 Å². The van der Waals surface area contributed by atoms with Crippen LogP contribution in [0.4, 0.5) is 5.13 Å². The first-order valence-electron chi connectivity index (χ1n) is 10.2. The molecule has 2 fully saturated rings. The van der Waals surface area contributed by atoms with Gasteiger partial charge in [-0.15, -0.1) is 11.6 Å². The van der Waals surface area contributed by atoms with Gasteiger partial charge < -0.3 is 15.2 Å². The van der Waals surface area contributed by atoms with Gasteiger partial charge in [-0.2, -0.15) is 0 Å². The van der Waals surface area contributed by atoms with Crippen molar-refractivity contribution in [3.05, 3.63) is 52.1 Å². The molecule has 2 atom stereocenters. The lowest BCUT2D eigenvalue weighted by molar-refractivity contribution is -0.122. The van der Waals surface area contributed by atoms with Crippen LogP contribution in [-0.4, -0.2) is 33.4 Å². The minimum Gasteiger partial charge on any atom is -0.348 e. The number of hydrogen-bond donors (Lipinski definition) is 2. The van der Waals surface area contributed by atoms with Gasteiger partial charge in [0.2, 0.25) is 5.91 Å². The average Bonchev–Trinajstić information content (AvgIpc) is 3.16. The fraction of sp³-hybridized carbons (Fsp3) is 0.429. The van der Waals surface area contributed by atoms with Crippen LogP contribution in [0.2, 0.25) is 0 Å². The lowest BCUT2D eigenvalue weighted by Crippen LogP contribution is -2.44. The first kappa shape index (κ1) is 19.5. The second kappa shape index (κ2) is 7.35. The van der Waals surface area contributed by atoms with Crippen LogP contribution in [0.1, 0.15) is 50.0 Å². The second-order valence-electron chi connectivity index (χ2n) is 8.02. The third-order valence-corrected chi connectivity index (χ3v) is 7.37. The number of thiazole rings is 1. The van der Waals surface area contributed by atoms with Crippen molar-refractivity contribution >= 4 is 44.3 Å². The number of halogens is 1.